The second-order valence-corrected chi connectivity index (χ2v) is 3.98. The molecule has 0 aliphatic carbocycles. The Morgan fingerprint density at radius 2 is 2.00 bits per heavy atom. The predicted molar refractivity (Wildman–Crippen MR) is 46.6 cm³/mol. The maximum absolute atomic E-state index is 10.6. The van der Waals surface area contributed by atoms with Gasteiger partial charge in [0.05, 0.1) is 6.42 Å². The quantitative estimate of drug-likeness (QED) is 0.674. The average molecular weight is 185 g/mol. The van der Waals surface area contributed by atoms with Gasteiger partial charge in [-0.15, -0.1) is 0 Å². The second-order valence-electron chi connectivity index (χ2n) is 2.65. The fraction of sp³-hybridized carbons (Fsp3) is 0.250. The van der Waals surface area contributed by atoms with E-state index in [1.54, 1.807) is 0 Å². The highest BCUT2D eigenvalue weighted by molar-refractivity contribution is 7.38. The van der Waals surface area contributed by atoms with Gasteiger partial charge in [-0.3, -0.25) is 0 Å². The van der Waals surface area contributed by atoms with Gasteiger partial charge in [-0.05, 0) is 10.1 Å². The molecule has 0 aliphatic heterocycles. The number of hydrogen-bond acceptors (Lipinski definition) is 1. The molecule has 1 unspecified atom stereocenters. The number of benzene rings is 1. The van der Waals surface area contributed by atoms with Gasteiger partial charge >= 0.3 is 13.8 Å². The molecule has 12 heavy (non-hydrogen) atoms. The van der Waals surface area contributed by atoms with Crippen LogP contribution in [0.4, 0.5) is 0 Å². The molecule has 0 radical (unpaired) electrons. The first-order valence-electron chi connectivity index (χ1n) is 3.72. The van der Waals surface area contributed by atoms with Crippen molar-refractivity contribution >= 4 is 8.03 Å². The fourth-order valence-corrected chi connectivity index (χ4v) is 1.33. The molecule has 1 aromatic rings. The molecular formula is C8H12NO2P+2. The third-order valence-electron chi connectivity index (χ3n) is 1.63. The summed E-state index contributed by atoms with van der Waals surface area (Å²) in [5.74, 6) is -0.401. The third kappa shape index (κ3) is 2.70. The Bertz CT molecular complexity index is 263. The zero-order chi connectivity index (χ0) is 8.97. The highest BCUT2D eigenvalue weighted by atomic mass is 31.1. The summed E-state index contributed by atoms with van der Waals surface area (Å²) in [5, 5.41) is 0. The molecule has 4 heteroatoms. The van der Waals surface area contributed by atoms with Crippen molar-refractivity contribution in [3.05, 3.63) is 35.9 Å². The van der Waals surface area contributed by atoms with Crippen molar-refractivity contribution in [2.45, 2.75) is 12.2 Å². The van der Waals surface area contributed by atoms with E-state index < -0.39 is 13.8 Å². The van der Waals surface area contributed by atoms with Crippen LogP contribution in [0, 0.1) is 0 Å². The average Bonchev–Trinajstić information content (AvgIpc) is 2.06. The molecule has 0 heterocycles. The Balaban J connectivity index is 2.58. The van der Waals surface area contributed by atoms with Gasteiger partial charge in [-0.1, -0.05) is 30.3 Å². The van der Waals surface area contributed by atoms with Crippen molar-refractivity contribution in [2.75, 3.05) is 0 Å². The summed E-state index contributed by atoms with van der Waals surface area (Å²) >= 11 is 0. The number of hydrogen-bond donors (Lipinski definition) is 2. The van der Waals surface area contributed by atoms with Crippen LogP contribution < -0.4 is 5.73 Å². The summed E-state index contributed by atoms with van der Waals surface area (Å²) in [5.41, 5.74) is 4.65. The molecule has 0 saturated carbocycles. The Hall–Kier alpha value is -0.760. The van der Waals surface area contributed by atoms with E-state index in [-0.39, 0.29) is 0 Å². The molecule has 0 aromatic heterocycles. The van der Waals surface area contributed by atoms with Crippen molar-refractivity contribution in [1.82, 2.24) is 0 Å². The van der Waals surface area contributed by atoms with Gasteiger partial charge in [-0.25, -0.2) is 0 Å². The molecule has 0 spiro atoms. The highest BCUT2D eigenvalue weighted by Gasteiger charge is 2.27. The van der Waals surface area contributed by atoms with Crippen molar-refractivity contribution in [3.63, 3.8) is 0 Å². The molecule has 3 nitrogen and oxygen atoms in total. The monoisotopic (exact) mass is 185 g/mol. The van der Waals surface area contributed by atoms with Gasteiger partial charge in [0.2, 0.25) is 0 Å². The van der Waals surface area contributed by atoms with Gasteiger partial charge in [0, 0.05) is 0 Å². The van der Waals surface area contributed by atoms with Crippen LogP contribution in [0.25, 0.3) is 0 Å². The lowest BCUT2D eigenvalue weighted by molar-refractivity contribution is -0.389. The third-order valence-corrected chi connectivity index (χ3v) is 2.43. The maximum Gasteiger partial charge on any atom is 0.569 e. The SMILES string of the molecule is [NH3+][C@@H](Cc1ccccc1)[P+](=O)O. The van der Waals surface area contributed by atoms with E-state index >= 15 is 0 Å². The summed E-state index contributed by atoms with van der Waals surface area (Å²) in [6.45, 7) is 0. The van der Waals surface area contributed by atoms with Crippen LogP contribution in [0.3, 0.4) is 0 Å². The summed E-state index contributed by atoms with van der Waals surface area (Å²) in [6, 6.07) is 9.59. The summed E-state index contributed by atoms with van der Waals surface area (Å²) < 4.78 is 10.6. The minimum absolute atomic E-state index is 0.401. The molecule has 0 fully saturated rings. The first kappa shape index (κ1) is 9.33. The van der Waals surface area contributed by atoms with Crippen LogP contribution in [-0.4, -0.2) is 10.7 Å². The van der Waals surface area contributed by atoms with E-state index in [0.29, 0.717) is 6.42 Å². The lowest BCUT2D eigenvalue weighted by atomic mass is 10.2. The van der Waals surface area contributed by atoms with E-state index in [0.717, 1.165) is 5.56 Å². The molecule has 1 aromatic carbocycles. The van der Waals surface area contributed by atoms with Crippen molar-refractivity contribution in [3.8, 4) is 0 Å². The molecule has 64 valence electrons. The minimum Gasteiger partial charge on any atom is -0.312 e. The fourth-order valence-electron chi connectivity index (χ4n) is 0.964. The lowest BCUT2D eigenvalue weighted by Crippen LogP contribution is -2.59. The van der Waals surface area contributed by atoms with Crippen LogP contribution in [0.1, 0.15) is 5.56 Å². The van der Waals surface area contributed by atoms with Crippen LogP contribution >= 0.6 is 8.03 Å². The Labute approximate surface area is 72.1 Å². The van der Waals surface area contributed by atoms with Gasteiger partial charge < -0.3 is 5.73 Å². The zero-order valence-electron chi connectivity index (χ0n) is 6.68. The van der Waals surface area contributed by atoms with Crippen molar-refractivity contribution in [2.24, 2.45) is 0 Å². The van der Waals surface area contributed by atoms with Crippen molar-refractivity contribution in [1.29, 1.82) is 0 Å². The first-order valence-corrected chi connectivity index (χ1v) is 5.00. The Kier molecular flexibility index (Phi) is 3.35. The van der Waals surface area contributed by atoms with E-state index in [4.69, 9.17) is 4.89 Å². The largest absolute Gasteiger partial charge is 0.569 e. The van der Waals surface area contributed by atoms with Crippen LogP contribution in [0.5, 0.6) is 0 Å². The van der Waals surface area contributed by atoms with Crippen molar-refractivity contribution < 1.29 is 15.2 Å². The summed E-state index contributed by atoms with van der Waals surface area (Å²) in [7, 11) is -2.15. The molecular weight excluding hydrogens is 173 g/mol. The standard InChI is InChI=1S/C8H10NO2P/c9-8(12(10)11)6-7-4-2-1-3-5-7/h1-5,8H,6,9H2/p+2/t8-/m1/s1. The normalized spacial score (nSPS) is 14.0. The van der Waals surface area contributed by atoms with E-state index in [1.165, 1.54) is 0 Å². The van der Waals surface area contributed by atoms with E-state index in [9.17, 15) is 4.57 Å². The Morgan fingerprint density at radius 3 is 2.50 bits per heavy atom. The number of quaternary nitrogens is 1. The zero-order valence-corrected chi connectivity index (χ0v) is 7.58. The minimum atomic E-state index is -2.15. The second kappa shape index (κ2) is 4.31. The van der Waals surface area contributed by atoms with Gasteiger partial charge in [0.1, 0.15) is 0 Å². The van der Waals surface area contributed by atoms with E-state index in [2.05, 4.69) is 5.73 Å². The molecule has 0 aliphatic rings. The molecule has 0 saturated heterocycles. The Morgan fingerprint density at radius 1 is 1.42 bits per heavy atom. The summed E-state index contributed by atoms with van der Waals surface area (Å²) in [4.78, 5) is 8.73. The molecule has 2 atom stereocenters. The smallest absolute Gasteiger partial charge is 0.312 e. The van der Waals surface area contributed by atoms with Crippen LogP contribution in [0.15, 0.2) is 30.3 Å². The maximum atomic E-state index is 10.6. The van der Waals surface area contributed by atoms with Gasteiger partial charge in [0.25, 0.3) is 0 Å². The molecule has 0 amide bonds. The topological polar surface area (TPSA) is 64.9 Å². The van der Waals surface area contributed by atoms with Crippen LogP contribution in [-0.2, 0) is 11.0 Å². The summed E-state index contributed by atoms with van der Waals surface area (Å²) in [6.07, 6.45) is 0.562. The molecule has 4 N–H and O–H groups in total. The molecule has 0 bridgehead atoms. The molecule has 1 rings (SSSR count). The highest BCUT2D eigenvalue weighted by Crippen LogP contribution is 2.19. The first-order chi connectivity index (χ1) is 5.70. The lowest BCUT2D eigenvalue weighted by Gasteiger charge is -1.95. The predicted octanol–water partition coefficient (Wildman–Crippen LogP) is 0.532. The van der Waals surface area contributed by atoms with Gasteiger partial charge in [0.15, 0.2) is 0 Å². The van der Waals surface area contributed by atoms with E-state index in [1.807, 2.05) is 30.3 Å². The van der Waals surface area contributed by atoms with Crippen LogP contribution in [0.2, 0.25) is 0 Å². The van der Waals surface area contributed by atoms with Gasteiger partial charge in [-0.2, -0.15) is 4.89 Å². The number of rotatable bonds is 3.